The smallest absolute Gasteiger partial charge is 0.310 e. The normalized spacial score (nSPS) is 10.9. The van der Waals surface area contributed by atoms with Crippen LogP contribution in [0.2, 0.25) is 0 Å². The number of esters is 1. The number of hydrogen-bond acceptors (Lipinski definition) is 4. The van der Waals surface area contributed by atoms with Crippen LogP contribution in [0.15, 0.2) is 41.4 Å². The van der Waals surface area contributed by atoms with Gasteiger partial charge in [0, 0.05) is 33.5 Å². The van der Waals surface area contributed by atoms with E-state index < -0.39 is 0 Å². The number of aromatic nitrogens is 3. The third-order valence-corrected chi connectivity index (χ3v) is 4.03. The maximum atomic E-state index is 11.8. The van der Waals surface area contributed by atoms with Gasteiger partial charge in [0.2, 0.25) is 0 Å². The largest absolute Gasteiger partial charge is 0.469 e. The number of rotatable bonds is 3. The first-order chi connectivity index (χ1) is 10.6. The number of nitrogens with zero attached hydrogens (tertiary/aromatic N) is 3. The van der Waals surface area contributed by atoms with Crippen molar-refractivity contribution in [3.63, 3.8) is 0 Å². The highest BCUT2D eigenvalue weighted by Gasteiger charge is 2.17. The number of fused-ring (bicyclic) bond motifs is 1. The highest BCUT2D eigenvalue weighted by atomic mass is 79.9. The van der Waals surface area contributed by atoms with Crippen LogP contribution in [-0.2, 0) is 16.0 Å². The van der Waals surface area contributed by atoms with Crippen LogP contribution in [-0.4, -0.2) is 27.6 Å². The molecule has 112 valence electrons. The zero-order chi connectivity index (χ0) is 15.7. The van der Waals surface area contributed by atoms with Crippen molar-refractivity contribution in [2.24, 2.45) is 0 Å². The minimum atomic E-state index is -0.291. The average Bonchev–Trinajstić information content (AvgIpc) is 3.02. The quantitative estimate of drug-likeness (QED) is 0.673. The average molecular weight is 360 g/mol. The van der Waals surface area contributed by atoms with Gasteiger partial charge < -0.3 is 9.30 Å². The van der Waals surface area contributed by atoms with Crippen molar-refractivity contribution in [1.82, 2.24) is 14.5 Å². The van der Waals surface area contributed by atoms with Crippen LogP contribution < -0.4 is 0 Å². The highest BCUT2D eigenvalue weighted by Crippen LogP contribution is 2.29. The molecule has 2 aromatic heterocycles. The number of benzene rings is 1. The van der Waals surface area contributed by atoms with E-state index in [1.165, 1.54) is 7.11 Å². The van der Waals surface area contributed by atoms with Gasteiger partial charge in [0.25, 0.3) is 0 Å². The second kappa shape index (κ2) is 5.88. The molecule has 0 amide bonds. The lowest BCUT2D eigenvalue weighted by molar-refractivity contribution is -0.139. The summed E-state index contributed by atoms with van der Waals surface area (Å²) in [6.07, 6.45) is 5.46. The van der Waals surface area contributed by atoms with Gasteiger partial charge in [0.15, 0.2) is 0 Å². The molecule has 0 aliphatic carbocycles. The van der Waals surface area contributed by atoms with Crippen molar-refractivity contribution in [2.75, 3.05) is 7.11 Å². The Morgan fingerprint density at radius 1 is 1.41 bits per heavy atom. The summed E-state index contributed by atoms with van der Waals surface area (Å²) >= 11 is 3.49. The Hall–Kier alpha value is -2.21. The molecule has 2 heterocycles. The summed E-state index contributed by atoms with van der Waals surface area (Å²) in [5.74, 6) is -0.291. The summed E-state index contributed by atoms with van der Waals surface area (Å²) in [5, 5.41) is 0.955. The molecule has 3 aromatic rings. The van der Waals surface area contributed by atoms with E-state index in [1.807, 2.05) is 35.9 Å². The van der Waals surface area contributed by atoms with Crippen LogP contribution in [0.1, 0.15) is 11.3 Å². The summed E-state index contributed by atoms with van der Waals surface area (Å²) in [5.41, 5.74) is 3.43. The molecule has 0 radical (unpaired) electrons. The third-order valence-electron chi connectivity index (χ3n) is 3.54. The van der Waals surface area contributed by atoms with Gasteiger partial charge in [-0.1, -0.05) is 15.9 Å². The van der Waals surface area contributed by atoms with Gasteiger partial charge in [-0.2, -0.15) is 0 Å². The van der Waals surface area contributed by atoms with E-state index in [9.17, 15) is 4.79 Å². The van der Waals surface area contributed by atoms with Gasteiger partial charge in [-0.25, -0.2) is 4.98 Å². The van der Waals surface area contributed by atoms with Gasteiger partial charge in [0.1, 0.15) is 0 Å². The molecule has 0 saturated heterocycles. The Morgan fingerprint density at radius 2 is 2.23 bits per heavy atom. The Kier molecular flexibility index (Phi) is 3.94. The number of imidazole rings is 1. The van der Waals surface area contributed by atoms with Crippen LogP contribution in [0, 0.1) is 6.92 Å². The van der Waals surface area contributed by atoms with Crippen molar-refractivity contribution in [3.05, 3.63) is 52.7 Å². The molecule has 0 aliphatic heterocycles. The first-order valence-corrected chi connectivity index (χ1v) is 7.53. The predicted octanol–water partition coefficient (Wildman–Crippen LogP) is 3.21. The number of carbonyl (C=O) groups is 1. The molecule has 0 bridgehead atoms. The SMILES string of the molecule is COC(=O)Cc1c(C)nc2ccc(Br)cc2c1-n1ccnc1. The van der Waals surface area contributed by atoms with Crippen molar-refractivity contribution in [2.45, 2.75) is 13.3 Å². The summed E-state index contributed by atoms with van der Waals surface area (Å²) in [7, 11) is 1.39. The summed E-state index contributed by atoms with van der Waals surface area (Å²) in [4.78, 5) is 20.5. The molecule has 3 rings (SSSR count). The van der Waals surface area contributed by atoms with Crippen LogP contribution >= 0.6 is 15.9 Å². The third kappa shape index (κ3) is 2.62. The van der Waals surface area contributed by atoms with E-state index in [0.717, 1.165) is 32.3 Å². The molecule has 0 saturated carbocycles. The van der Waals surface area contributed by atoms with Crippen LogP contribution in [0.5, 0.6) is 0 Å². The lowest BCUT2D eigenvalue weighted by atomic mass is 10.0. The van der Waals surface area contributed by atoms with E-state index in [4.69, 9.17) is 4.74 Å². The van der Waals surface area contributed by atoms with E-state index in [-0.39, 0.29) is 12.4 Å². The Morgan fingerprint density at radius 3 is 2.91 bits per heavy atom. The zero-order valence-electron chi connectivity index (χ0n) is 12.2. The van der Waals surface area contributed by atoms with Crippen LogP contribution in [0.4, 0.5) is 0 Å². The molecule has 0 fully saturated rings. The molecular formula is C16H14BrN3O2. The molecule has 6 heteroatoms. The summed E-state index contributed by atoms with van der Waals surface area (Å²) in [6, 6.07) is 5.90. The molecule has 0 spiro atoms. The molecule has 0 aliphatic rings. The fourth-order valence-corrected chi connectivity index (χ4v) is 2.85. The number of pyridine rings is 1. The minimum absolute atomic E-state index is 0.172. The molecule has 0 atom stereocenters. The first-order valence-electron chi connectivity index (χ1n) is 6.74. The second-order valence-corrected chi connectivity index (χ2v) is 5.82. The number of aryl methyl sites for hydroxylation is 1. The molecular weight excluding hydrogens is 346 g/mol. The zero-order valence-corrected chi connectivity index (χ0v) is 13.8. The second-order valence-electron chi connectivity index (χ2n) is 4.91. The Labute approximate surface area is 136 Å². The number of ether oxygens (including phenoxy) is 1. The summed E-state index contributed by atoms with van der Waals surface area (Å²) < 4.78 is 7.68. The van der Waals surface area contributed by atoms with E-state index in [2.05, 4.69) is 25.9 Å². The van der Waals surface area contributed by atoms with Crippen molar-refractivity contribution in [1.29, 1.82) is 0 Å². The fraction of sp³-hybridized carbons (Fsp3) is 0.188. The Balaban J connectivity index is 2.35. The fourth-order valence-electron chi connectivity index (χ4n) is 2.49. The lowest BCUT2D eigenvalue weighted by Gasteiger charge is -2.15. The number of methoxy groups -OCH3 is 1. The molecule has 1 aromatic carbocycles. The monoisotopic (exact) mass is 359 g/mol. The number of hydrogen-bond donors (Lipinski definition) is 0. The number of carbonyl (C=O) groups excluding carboxylic acids is 1. The van der Waals surface area contributed by atoms with Gasteiger partial charge >= 0.3 is 5.97 Å². The standard InChI is InChI=1S/C16H14BrN3O2/c1-10-12(8-15(21)22-2)16(20-6-5-18-9-20)13-7-11(17)3-4-14(13)19-10/h3-7,9H,8H2,1-2H3. The first kappa shape index (κ1) is 14.7. The maximum Gasteiger partial charge on any atom is 0.310 e. The van der Waals surface area contributed by atoms with E-state index >= 15 is 0 Å². The highest BCUT2D eigenvalue weighted by molar-refractivity contribution is 9.10. The van der Waals surface area contributed by atoms with Gasteiger partial charge in [-0.3, -0.25) is 9.78 Å². The Bertz CT molecular complexity index is 844. The van der Waals surface area contributed by atoms with E-state index in [1.54, 1.807) is 12.5 Å². The molecule has 22 heavy (non-hydrogen) atoms. The van der Waals surface area contributed by atoms with Crippen molar-refractivity contribution < 1.29 is 9.53 Å². The molecule has 5 nitrogen and oxygen atoms in total. The lowest BCUT2D eigenvalue weighted by Crippen LogP contribution is -2.11. The van der Waals surface area contributed by atoms with Crippen LogP contribution in [0.25, 0.3) is 16.6 Å². The van der Waals surface area contributed by atoms with Crippen molar-refractivity contribution >= 4 is 32.8 Å². The molecule has 0 unspecified atom stereocenters. The summed E-state index contributed by atoms with van der Waals surface area (Å²) in [6.45, 7) is 1.90. The van der Waals surface area contributed by atoms with Gasteiger partial charge in [0.05, 0.1) is 31.1 Å². The maximum absolute atomic E-state index is 11.8. The number of halogens is 1. The minimum Gasteiger partial charge on any atom is -0.469 e. The molecule has 0 N–H and O–H groups in total. The van der Waals surface area contributed by atoms with E-state index in [0.29, 0.717) is 0 Å². The topological polar surface area (TPSA) is 57.0 Å². The predicted molar refractivity (Wildman–Crippen MR) is 87.0 cm³/mol. The van der Waals surface area contributed by atoms with Gasteiger partial charge in [-0.05, 0) is 25.1 Å². The van der Waals surface area contributed by atoms with Crippen LogP contribution in [0.3, 0.4) is 0 Å². The van der Waals surface area contributed by atoms with Gasteiger partial charge in [-0.15, -0.1) is 0 Å². The van der Waals surface area contributed by atoms with Crippen molar-refractivity contribution in [3.8, 4) is 5.69 Å².